The van der Waals surface area contributed by atoms with Crippen molar-refractivity contribution in [3.8, 4) is 22.3 Å². The monoisotopic (exact) mass is 560 g/mol. The van der Waals surface area contributed by atoms with Crippen LogP contribution in [0, 0.1) is 11.6 Å². The van der Waals surface area contributed by atoms with Crippen molar-refractivity contribution in [1.29, 1.82) is 0 Å². The lowest BCUT2D eigenvalue weighted by Crippen LogP contribution is -2.05. The predicted octanol–water partition coefficient (Wildman–Crippen LogP) is 13.1. The third kappa shape index (κ3) is 11.4. The van der Waals surface area contributed by atoms with Crippen LogP contribution in [-0.4, -0.2) is 0 Å². The van der Waals surface area contributed by atoms with Crippen LogP contribution in [0.25, 0.3) is 22.3 Å². The smallest absolute Gasteiger partial charge is 0.166 e. The molecule has 0 spiro atoms. The minimum Gasteiger partial charge on any atom is -0.203 e. The zero-order valence-corrected chi connectivity index (χ0v) is 26.0. The molecule has 3 aromatic carbocycles. The summed E-state index contributed by atoms with van der Waals surface area (Å²) in [6, 6.07) is 20.0. The molecule has 3 aromatic rings. The highest BCUT2D eigenvalue weighted by Crippen LogP contribution is 2.33. The SMILES string of the molecule is CCCCCCCCCCCCc1c(CCCCCCCCC)cc(-c2ccc(-c3ccccc3)cc2)c(F)c1F. The summed E-state index contributed by atoms with van der Waals surface area (Å²) in [6.45, 7) is 4.50. The summed E-state index contributed by atoms with van der Waals surface area (Å²) in [5.41, 5.74) is 4.97. The number of halogens is 2. The van der Waals surface area contributed by atoms with Gasteiger partial charge in [-0.2, -0.15) is 0 Å². The van der Waals surface area contributed by atoms with Gasteiger partial charge < -0.3 is 0 Å². The van der Waals surface area contributed by atoms with Gasteiger partial charge in [-0.25, -0.2) is 8.78 Å². The summed E-state index contributed by atoms with van der Waals surface area (Å²) < 4.78 is 31.2. The van der Waals surface area contributed by atoms with Gasteiger partial charge in [0.15, 0.2) is 11.6 Å². The van der Waals surface area contributed by atoms with Crippen LogP contribution in [0.4, 0.5) is 8.78 Å². The largest absolute Gasteiger partial charge is 0.203 e. The van der Waals surface area contributed by atoms with Crippen LogP contribution in [0.3, 0.4) is 0 Å². The van der Waals surface area contributed by atoms with Crippen molar-refractivity contribution < 1.29 is 8.78 Å². The van der Waals surface area contributed by atoms with Crippen LogP contribution in [0.2, 0.25) is 0 Å². The van der Waals surface area contributed by atoms with Gasteiger partial charge in [-0.15, -0.1) is 0 Å². The van der Waals surface area contributed by atoms with Crippen molar-refractivity contribution >= 4 is 0 Å². The van der Waals surface area contributed by atoms with Gasteiger partial charge in [0.1, 0.15) is 0 Å². The lowest BCUT2D eigenvalue weighted by atomic mass is 9.91. The first-order chi connectivity index (χ1) is 20.2. The van der Waals surface area contributed by atoms with Gasteiger partial charge in [0.2, 0.25) is 0 Å². The van der Waals surface area contributed by atoms with E-state index in [1.165, 1.54) is 83.5 Å². The van der Waals surface area contributed by atoms with Gasteiger partial charge in [0.25, 0.3) is 0 Å². The molecular weight excluding hydrogens is 506 g/mol. The molecule has 0 N–H and O–H groups in total. The fraction of sp³-hybridized carbons (Fsp3) is 0.538. The fourth-order valence-electron chi connectivity index (χ4n) is 5.95. The highest BCUT2D eigenvalue weighted by molar-refractivity contribution is 5.71. The second kappa shape index (κ2) is 19.6. The summed E-state index contributed by atoms with van der Waals surface area (Å²) in [5, 5.41) is 0. The molecule has 0 bridgehead atoms. The molecule has 2 heteroatoms. The summed E-state index contributed by atoms with van der Waals surface area (Å²) in [4.78, 5) is 0. The lowest BCUT2D eigenvalue weighted by Gasteiger charge is -2.16. The third-order valence-corrected chi connectivity index (χ3v) is 8.53. The number of aryl methyl sites for hydroxylation is 1. The van der Waals surface area contributed by atoms with Gasteiger partial charge in [-0.1, -0.05) is 165 Å². The van der Waals surface area contributed by atoms with Crippen LogP contribution in [0.1, 0.15) is 134 Å². The van der Waals surface area contributed by atoms with Gasteiger partial charge >= 0.3 is 0 Å². The van der Waals surface area contributed by atoms with Crippen molar-refractivity contribution in [2.75, 3.05) is 0 Å². The Morgan fingerprint density at radius 3 is 1.41 bits per heavy atom. The Kier molecular flexibility index (Phi) is 15.8. The molecule has 0 heterocycles. The number of benzene rings is 3. The Labute approximate surface area is 250 Å². The average Bonchev–Trinajstić information content (AvgIpc) is 3.01. The molecule has 0 unspecified atom stereocenters. The Hall–Kier alpha value is -2.48. The van der Waals surface area contributed by atoms with Gasteiger partial charge in [-0.3, -0.25) is 0 Å². The first-order valence-corrected chi connectivity index (χ1v) is 16.8. The molecule has 224 valence electrons. The molecule has 0 aliphatic carbocycles. The fourth-order valence-corrected chi connectivity index (χ4v) is 5.95. The molecule has 0 aromatic heterocycles. The van der Waals surface area contributed by atoms with E-state index in [2.05, 4.69) is 26.0 Å². The Bertz CT molecular complexity index is 1100. The summed E-state index contributed by atoms with van der Waals surface area (Å²) in [5.74, 6) is -1.31. The van der Waals surface area contributed by atoms with E-state index in [0.29, 0.717) is 17.5 Å². The Balaban J connectivity index is 1.65. The van der Waals surface area contributed by atoms with E-state index in [0.717, 1.165) is 54.4 Å². The highest BCUT2D eigenvalue weighted by Gasteiger charge is 2.19. The van der Waals surface area contributed by atoms with Crippen molar-refractivity contribution in [3.63, 3.8) is 0 Å². The maximum absolute atomic E-state index is 15.7. The predicted molar refractivity (Wildman–Crippen MR) is 174 cm³/mol. The summed E-state index contributed by atoms with van der Waals surface area (Å²) in [7, 11) is 0. The molecule has 0 aliphatic rings. The van der Waals surface area contributed by atoms with E-state index < -0.39 is 11.6 Å². The standard InChI is InChI=1S/C39H54F2/c1-3-5-7-9-11-12-13-15-17-22-26-36-35(25-19-16-14-10-8-6-4-2)31-37(39(41)38(36)40)34-29-27-33(28-30-34)32-23-20-18-21-24-32/h18,20-21,23-24,27-31H,3-17,19,22,25-26H2,1-2H3. The zero-order valence-electron chi connectivity index (χ0n) is 26.0. The maximum Gasteiger partial charge on any atom is 0.166 e. The molecule has 0 saturated heterocycles. The molecule has 0 fully saturated rings. The molecular formula is C39H54F2. The van der Waals surface area contributed by atoms with Crippen LogP contribution < -0.4 is 0 Å². The van der Waals surface area contributed by atoms with Crippen molar-refractivity contribution in [2.45, 2.75) is 136 Å². The normalized spacial score (nSPS) is 11.3. The van der Waals surface area contributed by atoms with E-state index in [-0.39, 0.29) is 0 Å². The van der Waals surface area contributed by atoms with Crippen molar-refractivity contribution in [2.24, 2.45) is 0 Å². The Morgan fingerprint density at radius 2 is 0.878 bits per heavy atom. The van der Waals surface area contributed by atoms with Gasteiger partial charge in [0, 0.05) is 5.56 Å². The topological polar surface area (TPSA) is 0 Å². The molecule has 0 nitrogen and oxygen atoms in total. The van der Waals surface area contributed by atoms with Crippen molar-refractivity contribution in [3.05, 3.63) is 83.4 Å². The molecule has 0 aliphatic heterocycles. The van der Waals surface area contributed by atoms with Gasteiger partial charge in [-0.05, 0) is 59.6 Å². The quantitative estimate of drug-likeness (QED) is 0.114. The molecule has 0 atom stereocenters. The van der Waals surface area contributed by atoms with E-state index in [4.69, 9.17) is 0 Å². The van der Waals surface area contributed by atoms with Crippen LogP contribution in [0.15, 0.2) is 60.7 Å². The summed E-state index contributed by atoms with van der Waals surface area (Å²) >= 11 is 0. The molecule has 0 amide bonds. The third-order valence-electron chi connectivity index (χ3n) is 8.53. The Morgan fingerprint density at radius 1 is 0.439 bits per heavy atom. The molecule has 3 rings (SSSR count). The zero-order chi connectivity index (χ0) is 29.1. The highest BCUT2D eigenvalue weighted by atomic mass is 19.2. The molecule has 41 heavy (non-hydrogen) atoms. The van der Waals surface area contributed by atoms with Gasteiger partial charge in [0.05, 0.1) is 0 Å². The van der Waals surface area contributed by atoms with Crippen LogP contribution in [-0.2, 0) is 12.8 Å². The van der Waals surface area contributed by atoms with E-state index in [9.17, 15) is 0 Å². The maximum atomic E-state index is 15.7. The number of hydrogen-bond acceptors (Lipinski definition) is 0. The van der Waals surface area contributed by atoms with E-state index in [1.54, 1.807) is 0 Å². The van der Waals surface area contributed by atoms with E-state index >= 15 is 8.78 Å². The number of unbranched alkanes of at least 4 members (excludes halogenated alkanes) is 15. The summed E-state index contributed by atoms with van der Waals surface area (Å²) in [6.07, 6.45) is 22.5. The first-order valence-electron chi connectivity index (χ1n) is 16.8. The average molecular weight is 561 g/mol. The second-order valence-corrected chi connectivity index (χ2v) is 11.9. The lowest BCUT2D eigenvalue weighted by molar-refractivity contribution is 0.493. The van der Waals surface area contributed by atoms with Crippen LogP contribution in [0.5, 0.6) is 0 Å². The minimum atomic E-state index is -0.692. The van der Waals surface area contributed by atoms with Crippen molar-refractivity contribution in [1.82, 2.24) is 0 Å². The number of hydrogen-bond donors (Lipinski definition) is 0. The number of rotatable bonds is 21. The minimum absolute atomic E-state index is 0.395. The molecule has 0 radical (unpaired) electrons. The van der Waals surface area contributed by atoms with E-state index in [1.807, 2.05) is 48.5 Å². The first kappa shape index (κ1) is 33.0. The second-order valence-electron chi connectivity index (χ2n) is 11.9. The molecule has 0 saturated carbocycles. The van der Waals surface area contributed by atoms with Crippen LogP contribution >= 0.6 is 0 Å².